The van der Waals surface area contributed by atoms with Gasteiger partial charge in [0, 0.05) is 17.1 Å². The monoisotopic (exact) mass is 252 g/mol. The smallest absolute Gasteiger partial charge is 0.182 e. The maximum atomic E-state index is 8.68. The zero-order valence-electron chi connectivity index (χ0n) is 7.13. The van der Waals surface area contributed by atoms with Crippen molar-refractivity contribution in [2.24, 2.45) is 0 Å². The molecular formula is C7H13BrN2OS. The van der Waals surface area contributed by atoms with Crippen LogP contribution >= 0.6 is 28.3 Å². The molecule has 0 aliphatic rings. The summed E-state index contributed by atoms with van der Waals surface area (Å²) in [5.74, 6) is 0. The van der Waals surface area contributed by atoms with Crippen molar-refractivity contribution in [1.29, 1.82) is 5.41 Å². The Hall–Kier alpha value is -0.130. The predicted octanol–water partition coefficient (Wildman–Crippen LogP) is 1.22. The lowest BCUT2D eigenvalue weighted by Gasteiger charge is -2.01. The van der Waals surface area contributed by atoms with Gasteiger partial charge in [-0.1, -0.05) is 0 Å². The maximum absolute atomic E-state index is 8.68. The average Bonchev–Trinajstić information content (AvgIpc) is 2.17. The fraction of sp³-hybridized carbons (Fsp3) is 0.571. The van der Waals surface area contributed by atoms with Crippen LogP contribution in [-0.2, 0) is 6.54 Å². The van der Waals surface area contributed by atoms with E-state index in [2.05, 4.69) is 0 Å². The Labute approximate surface area is 86.0 Å². The Morgan fingerprint density at radius 1 is 1.50 bits per heavy atom. The lowest BCUT2D eigenvalue weighted by molar-refractivity contribution is 0.273. The average molecular weight is 253 g/mol. The predicted molar refractivity (Wildman–Crippen MR) is 55.0 cm³/mol. The second-order valence-corrected chi connectivity index (χ2v) is 3.63. The molecule has 2 N–H and O–H groups in total. The summed E-state index contributed by atoms with van der Waals surface area (Å²) in [7, 11) is 0. The molecule has 0 aliphatic heterocycles. The first-order chi connectivity index (χ1) is 5.16. The minimum atomic E-state index is 0. The summed E-state index contributed by atoms with van der Waals surface area (Å²) in [6, 6.07) is 0. The van der Waals surface area contributed by atoms with E-state index in [1.54, 1.807) is 0 Å². The minimum Gasteiger partial charge on any atom is -0.395 e. The molecule has 1 heterocycles. The van der Waals surface area contributed by atoms with Crippen LogP contribution in [0.3, 0.4) is 0 Å². The van der Waals surface area contributed by atoms with E-state index < -0.39 is 0 Å². The van der Waals surface area contributed by atoms with Crippen LogP contribution in [0.2, 0.25) is 0 Å². The number of aryl methyl sites for hydroxylation is 1. The molecule has 0 saturated carbocycles. The van der Waals surface area contributed by atoms with Crippen molar-refractivity contribution >= 4 is 28.3 Å². The molecule has 0 unspecified atom stereocenters. The summed E-state index contributed by atoms with van der Waals surface area (Å²) in [4.78, 5) is 1.68. The van der Waals surface area contributed by atoms with Crippen molar-refractivity contribution < 1.29 is 5.11 Å². The van der Waals surface area contributed by atoms with Crippen LogP contribution in [0, 0.1) is 19.3 Å². The van der Waals surface area contributed by atoms with Crippen LogP contribution in [0.1, 0.15) is 10.6 Å². The number of rotatable bonds is 2. The van der Waals surface area contributed by atoms with Gasteiger partial charge in [0.2, 0.25) is 0 Å². The number of halogens is 1. The molecule has 0 spiro atoms. The number of aliphatic hydroxyl groups is 1. The molecule has 0 aliphatic carbocycles. The van der Waals surface area contributed by atoms with Gasteiger partial charge in [0.05, 0.1) is 6.61 Å². The summed E-state index contributed by atoms with van der Waals surface area (Å²) in [6.07, 6.45) is 0. The summed E-state index contributed by atoms with van der Waals surface area (Å²) >= 11 is 1.45. The second-order valence-electron chi connectivity index (χ2n) is 2.42. The van der Waals surface area contributed by atoms with Gasteiger partial charge in [-0.25, -0.2) is 0 Å². The topological polar surface area (TPSA) is 49.0 Å². The fourth-order valence-electron chi connectivity index (χ4n) is 0.986. The molecule has 5 heteroatoms. The first-order valence-corrected chi connectivity index (χ1v) is 4.30. The highest BCUT2D eigenvalue weighted by atomic mass is 79.9. The van der Waals surface area contributed by atoms with E-state index in [0.29, 0.717) is 11.3 Å². The Morgan fingerprint density at radius 3 is 2.42 bits per heavy atom. The van der Waals surface area contributed by atoms with Crippen molar-refractivity contribution in [3.63, 3.8) is 0 Å². The summed E-state index contributed by atoms with van der Waals surface area (Å²) in [5, 5.41) is 16.2. The minimum absolute atomic E-state index is 0. The number of aromatic nitrogens is 1. The number of thiazole rings is 1. The number of nitrogens with one attached hydrogen (secondary N) is 1. The standard InChI is InChI=1S/C7H12N2OS.BrH/c1-5-6(2)11-7(8)9(5)3-4-10;/h8,10H,3-4H2,1-2H3;1H. The van der Waals surface area contributed by atoms with Gasteiger partial charge < -0.3 is 9.67 Å². The van der Waals surface area contributed by atoms with Gasteiger partial charge in [-0.15, -0.1) is 28.3 Å². The summed E-state index contributed by atoms with van der Waals surface area (Å²) in [5.41, 5.74) is 1.09. The molecular weight excluding hydrogens is 240 g/mol. The normalized spacial score (nSPS) is 9.58. The molecule has 0 aromatic carbocycles. The quantitative estimate of drug-likeness (QED) is 0.817. The van der Waals surface area contributed by atoms with E-state index in [9.17, 15) is 0 Å². The molecule has 1 aromatic rings. The third-order valence-electron chi connectivity index (χ3n) is 1.73. The third-order valence-corrected chi connectivity index (χ3v) is 2.75. The molecule has 0 amide bonds. The first kappa shape index (κ1) is 11.9. The van der Waals surface area contributed by atoms with Crippen molar-refractivity contribution in [3.05, 3.63) is 15.4 Å². The van der Waals surface area contributed by atoms with Crippen molar-refractivity contribution in [1.82, 2.24) is 4.57 Å². The van der Waals surface area contributed by atoms with Crippen molar-refractivity contribution in [3.8, 4) is 0 Å². The van der Waals surface area contributed by atoms with Crippen LogP contribution in [0.25, 0.3) is 0 Å². The molecule has 0 saturated heterocycles. The van der Waals surface area contributed by atoms with Crippen LogP contribution in [0.4, 0.5) is 0 Å². The van der Waals surface area contributed by atoms with Gasteiger partial charge in [0.15, 0.2) is 4.80 Å². The number of hydrogen-bond donors (Lipinski definition) is 2. The maximum Gasteiger partial charge on any atom is 0.182 e. The zero-order valence-corrected chi connectivity index (χ0v) is 9.65. The number of hydrogen-bond acceptors (Lipinski definition) is 3. The van der Waals surface area contributed by atoms with E-state index >= 15 is 0 Å². The Morgan fingerprint density at radius 2 is 2.08 bits per heavy atom. The van der Waals surface area contributed by atoms with Gasteiger partial charge in [-0.3, -0.25) is 5.41 Å². The van der Waals surface area contributed by atoms with Crippen LogP contribution in [-0.4, -0.2) is 16.3 Å². The SMILES string of the molecule is Br.Cc1sc(=N)n(CCO)c1C. The lowest BCUT2D eigenvalue weighted by Crippen LogP contribution is -2.16. The molecule has 1 aromatic heterocycles. The third kappa shape index (κ3) is 2.18. The fourth-order valence-corrected chi connectivity index (χ4v) is 1.87. The molecule has 0 bridgehead atoms. The van der Waals surface area contributed by atoms with Crippen LogP contribution in [0.15, 0.2) is 0 Å². The largest absolute Gasteiger partial charge is 0.395 e. The lowest BCUT2D eigenvalue weighted by atomic mass is 10.4. The van der Waals surface area contributed by atoms with E-state index in [0.717, 1.165) is 10.6 Å². The molecule has 12 heavy (non-hydrogen) atoms. The van der Waals surface area contributed by atoms with Gasteiger partial charge in [0.25, 0.3) is 0 Å². The molecule has 0 fully saturated rings. The first-order valence-electron chi connectivity index (χ1n) is 3.49. The molecule has 70 valence electrons. The summed E-state index contributed by atoms with van der Waals surface area (Å²) < 4.78 is 1.82. The zero-order chi connectivity index (χ0) is 8.43. The van der Waals surface area contributed by atoms with Gasteiger partial charge in [-0.05, 0) is 13.8 Å². The Bertz CT molecular complexity index is 305. The van der Waals surface area contributed by atoms with E-state index in [1.807, 2.05) is 18.4 Å². The van der Waals surface area contributed by atoms with E-state index in [4.69, 9.17) is 10.5 Å². The van der Waals surface area contributed by atoms with E-state index in [-0.39, 0.29) is 23.6 Å². The van der Waals surface area contributed by atoms with Gasteiger partial charge in [-0.2, -0.15) is 0 Å². The van der Waals surface area contributed by atoms with Gasteiger partial charge >= 0.3 is 0 Å². The number of aliphatic hydroxyl groups excluding tert-OH is 1. The van der Waals surface area contributed by atoms with Crippen molar-refractivity contribution in [2.75, 3.05) is 6.61 Å². The highest BCUT2D eigenvalue weighted by Gasteiger charge is 2.02. The summed E-state index contributed by atoms with van der Waals surface area (Å²) in [6.45, 7) is 4.61. The number of nitrogens with zero attached hydrogens (tertiary/aromatic N) is 1. The molecule has 0 atom stereocenters. The second kappa shape index (κ2) is 4.79. The highest BCUT2D eigenvalue weighted by molar-refractivity contribution is 8.93. The van der Waals surface area contributed by atoms with Crippen LogP contribution < -0.4 is 4.80 Å². The van der Waals surface area contributed by atoms with Crippen molar-refractivity contribution in [2.45, 2.75) is 20.4 Å². The molecule has 1 rings (SSSR count). The molecule has 0 radical (unpaired) electrons. The van der Waals surface area contributed by atoms with E-state index in [1.165, 1.54) is 11.3 Å². The van der Waals surface area contributed by atoms with Crippen LogP contribution in [0.5, 0.6) is 0 Å². The Balaban J connectivity index is 0.00000121. The molecule has 3 nitrogen and oxygen atoms in total. The Kier molecular flexibility index (Phi) is 4.74. The van der Waals surface area contributed by atoms with Gasteiger partial charge in [0.1, 0.15) is 0 Å². The highest BCUT2D eigenvalue weighted by Crippen LogP contribution is 2.08.